The van der Waals surface area contributed by atoms with E-state index in [1.165, 1.54) is 12.1 Å². The van der Waals surface area contributed by atoms with Crippen molar-refractivity contribution in [3.63, 3.8) is 0 Å². The molecule has 0 heterocycles. The lowest BCUT2D eigenvalue weighted by atomic mass is 10.2. The van der Waals surface area contributed by atoms with Gasteiger partial charge in [0.25, 0.3) is 5.69 Å². The largest absolute Gasteiger partial charge is 0.273 e. The quantitative estimate of drug-likeness (QED) is 0.487. The average Bonchev–Trinajstić information content (AvgIpc) is 2.29. The van der Waals surface area contributed by atoms with Gasteiger partial charge in [-0.1, -0.05) is 19.4 Å². The molecule has 1 N–H and O–H groups in total. The maximum absolute atomic E-state index is 11.9. The number of rotatable bonds is 6. The van der Waals surface area contributed by atoms with Crippen LogP contribution in [-0.4, -0.2) is 19.9 Å². The number of unbranched alkanes of at least 4 members (excludes halogenated alkanes) is 1. The molecule has 0 aliphatic heterocycles. The average molecular weight is 272 g/mol. The van der Waals surface area contributed by atoms with Gasteiger partial charge in [0, 0.05) is 18.2 Å². The Bertz CT molecular complexity index is 540. The Morgan fingerprint density at radius 3 is 2.61 bits per heavy atom. The second-order valence-electron chi connectivity index (χ2n) is 3.96. The van der Waals surface area contributed by atoms with Crippen LogP contribution in [0.2, 0.25) is 0 Å². The normalized spacial score (nSPS) is 11.4. The van der Waals surface area contributed by atoms with E-state index in [0.29, 0.717) is 12.1 Å². The molecular formula is C11H16N2O4S. The predicted octanol–water partition coefficient (Wildman–Crippen LogP) is 1.98. The SMILES string of the molecule is CCCCNS(=O)(=O)c1ccc(C)c([N+](=O)[O-])c1. The first kappa shape index (κ1) is 14.6. The molecule has 0 radical (unpaired) electrons. The van der Waals surface area contributed by atoms with E-state index < -0.39 is 14.9 Å². The third-order valence-electron chi connectivity index (χ3n) is 2.51. The molecule has 0 aromatic heterocycles. The van der Waals surface area contributed by atoms with Crippen molar-refractivity contribution in [3.8, 4) is 0 Å². The zero-order valence-electron chi connectivity index (χ0n) is 10.3. The molecule has 7 heteroatoms. The molecule has 0 atom stereocenters. The fraction of sp³-hybridized carbons (Fsp3) is 0.455. The van der Waals surface area contributed by atoms with Crippen LogP contribution in [0.3, 0.4) is 0 Å². The van der Waals surface area contributed by atoms with Gasteiger partial charge in [-0.05, 0) is 19.4 Å². The van der Waals surface area contributed by atoms with Crippen LogP contribution in [0.15, 0.2) is 23.1 Å². The summed E-state index contributed by atoms with van der Waals surface area (Å²) in [4.78, 5) is 10.1. The lowest BCUT2D eigenvalue weighted by Gasteiger charge is -2.06. The van der Waals surface area contributed by atoms with Gasteiger partial charge in [0.1, 0.15) is 0 Å². The van der Waals surface area contributed by atoms with Gasteiger partial charge in [0.15, 0.2) is 0 Å². The van der Waals surface area contributed by atoms with Crippen LogP contribution < -0.4 is 4.72 Å². The van der Waals surface area contributed by atoms with Crippen molar-refractivity contribution in [2.45, 2.75) is 31.6 Å². The van der Waals surface area contributed by atoms with Gasteiger partial charge < -0.3 is 0 Å². The monoisotopic (exact) mass is 272 g/mol. The molecule has 1 aromatic carbocycles. The van der Waals surface area contributed by atoms with Crippen molar-refractivity contribution >= 4 is 15.7 Å². The first-order chi connectivity index (χ1) is 8.38. The Morgan fingerprint density at radius 1 is 1.39 bits per heavy atom. The van der Waals surface area contributed by atoms with Crippen LogP contribution in [0.5, 0.6) is 0 Å². The summed E-state index contributed by atoms with van der Waals surface area (Å²) in [5.74, 6) is 0. The Kier molecular flexibility index (Phi) is 4.80. The minimum Gasteiger partial charge on any atom is -0.258 e. The minimum atomic E-state index is -3.66. The molecule has 1 aromatic rings. The van der Waals surface area contributed by atoms with Crippen LogP contribution in [0.4, 0.5) is 5.69 Å². The summed E-state index contributed by atoms with van der Waals surface area (Å²) in [5.41, 5.74) is 0.251. The molecule has 0 aliphatic rings. The minimum absolute atomic E-state index is 0.0732. The van der Waals surface area contributed by atoms with Crippen LogP contribution >= 0.6 is 0 Å². The molecule has 0 unspecified atom stereocenters. The molecule has 0 amide bonds. The number of nitrogens with one attached hydrogen (secondary N) is 1. The molecule has 18 heavy (non-hydrogen) atoms. The fourth-order valence-electron chi connectivity index (χ4n) is 1.42. The number of hydrogen-bond acceptors (Lipinski definition) is 4. The predicted molar refractivity (Wildman–Crippen MR) is 67.9 cm³/mol. The van der Waals surface area contributed by atoms with Crippen molar-refractivity contribution in [2.24, 2.45) is 0 Å². The van der Waals surface area contributed by atoms with E-state index in [9.17, 15) is 18.5 Å². The first-order valence-electron chi connectivity index (χ1n) is 5.63. The Morgan fingerprint density at radius 2 is 2.06 bits per heavy atom. The zero-order chi connectivity index (χ0) is 13.8. The van der Waals surface area contributed by atoms with Crippen molar-refractivity contribution in [3.05, 3.63) is 33.9 Å². The van der Waals surface area contributed by atoms with Crippen molar-refractivity contribution in [2.75, 3.05) is 6.54 Å². The van der Waals surface area contributed by atoms with Gasteiger partial charge in [-0.25, -0.2) is 13.1 Å². The zero-order valence-corrected chi connectivity index (χ0v) is 11.2. The van der Waals surface area contributed by atoms with Gasteiger partial charge in [-0.3, -0.25) is 10.1 Å². The number of benzene rings is 1. The highest BCUT2D eigenvalue weighted by Gasteiger charge is 2.19. The van der Waals surface area contributed by atoms with Gasteiger partial charge in [0.05, 0.1) is 9.82 Å². The maximum atomic E-state index is 11.9. The van der Waals surface area contributed by atoms with E-state index in [-0.39, 0.29) is 10.6 Å². The summed E-state index contributed by atoms with van der Waals surface area (Å²) in [6.45, 7) is 3.85. The van der Waals surface area contributed by atoms with Crippen molar-refractivity contribution < 1.29 is 13.3 Å². The summed E-state index contributed by atoms with van der Waals surface area (Å²) in [7, 11) is -3.66. The van der Waals surface area contributed by atoms with Crippen LogP contribution in [0.25, 0.3) is 0 Å². The fourth-order valence-corrected chi connectivity index (χ4v) is 2.51. The third kappa shape index (κ3) is 3.51. The standard InChI is InChI=1S/C11H16N2O4S/c1-3-4-7-12-18(16,17)10-6-5-9(2)11(8-10)13(14)15/h5-6,8,12H,3-4,7H2,1-2H3. The summed E-state index contributed by atoms with van der Waals surface area (Å²) < 4.78 is 26.1. The second kappa shape index (κ2) is 5.92. The van der Waals surface area contributed by atoms with E-state index in [4.69, 9.17) is 0 Å². The molecule has 6 nitrogen and oxygen atoms in total. The number of sulfonamides is 1. The summed E-state index contributed by atoms with van der Waals surface area (Å²) >= 11 is 0. The molecule has 0 spiro atoms. The Labute approximate surface area is 106 Å². The van der Waals surface area contributed by atoms with E-state index in [1.807, 2.05) is 6.92 Å². The number of nitro benzene ring substituents is 1. The van der Waals surface area contributed by atoms with E-state index >= 15 is 0 Å². The number of aryl methyl sites for hydroxylation is 1. The van der Waals surface area contributed by atoms with Gasteiger partial charge in [-0.2, -0.15) is 0 Å². The van der Waals surface area contributed by atoms with Crippen molar-refractivity contribution in [1.29, 1.82) is 0 Å². The third-order valence-corrected chi connectivity index (χ3v) is 3.97. The van der Waals surface area contributed by atoms with E-state index in [2.05, 4.69) is 4.72 Å². The molecule has 1 rings (SSSR count). The molecule has 0 aliphatic carbocycles. The van der Waals surface area contributed by atoms with Gasteiger partial charge in [-0.15, -0.1) is 0 Å². The highest BCUT2D eigenvalue weighted by Crippen LogP contribution is 2.21. The Hall–Kier alpha value is -1.47. The summed E-state index contributed by atoms with van der Waals surface area (Å²) in [5, 5.41) is 10.8. The highest BCUT2D eigenvalue weighted by molar-refractivity contribution is 7.89. The molecule has 0 fully saturated rings. The molecule has 0 saturated carbocycles. The second-order valence-corrected chi connectivity index (χ2v) is 5.72. The highest BCUT2D eigenvalue weighted by atomic mass is 32.2. The topological polar surface area (TPSA) is 89.3 Å². The van der Waals surface area contributed by atoms with Gasteiger partial charge >= 0.3 is 0 Å². The van der Waals surface area contributed by atoms with Crippen LogP contribution in [0, 0.1) is 17.0 Å². The maximum Gasteiger partial charge on any atom is 0.273 e. The molecule has 100 valence electrons. The number of hydrogen-bond donors (Lipinski definition) is 1. The van der Waals surface area contributed by atoms with E-state index in [0.717, 1.165) is 18.9 Å². The van der Waals surface area contributed by atoms with Gasteiger partial charge in [0.2, 0.25) is 10.0 Å². The Balaban J connectivity index is 3.02. The van der Waals surface area contributed by atoms with Crippen LogP contribution in [0.1, 0.15) is 25.3 Å². The number of nitro groups is 1. The lowest BCUT2D eigenvalue weighted by molar-refractivity contribution is -0.385. The van der Waals surface area contributed by atoms with E-state index in [1.54, 1.807) is 6.92 Å². The summed E-state index contributed by atoms with van der Waals surface area (Å²) in [6.07, 6.45) is 1.60. The molecular weight excluding hydrogens is 256 g/mol. The molecule has 0 saturated heterocycles. The molecule has 0 bridgehead atoms. The van der Waals surface area contributed by atoms with Crippen molar-refractivity contribution in [1.82, 2.24) is 4.72 Å². The number of nitrogens with zero attached hydrogens (tertiary/aromatic N) is 1. The summed E-state index contributed by atoms with van der Waals surface area (Å²) in [6, 6.07) is 3.90. The lowest BCUT2D eigenvalue weighted by Crippen LogP contribution is -2.24. The smallest absolute Gasteiger partial charge is 0.258 e. The van der Waals surface area contributed by atoms with Crippen LogP contribution in [-0.2, 0) is 10.0 Å². The first-order valence-corrected chi connectivity index (χ1v) is 7.11.